The molecule has 2 aromatic carbocycles. The van der Waals surface area contributed by atoms with Gasteiger partial charge in [0.2, 0.25) is 0 Å². The standard InChI is InChI=1S/C26H22ClFN4O4/c1-15(30-19-6-4-7-20(23(19)28)32-11-12-35-26(32)34)18-13-16-8-9-21(22(27)24(16)31-25(18)33)36-14-17-5-2-3-10-29-17/h2-10,13,15,30H,11-12,14H2,1H3,(H,31,33)/t15-/m0/s1. The lowest BCUT2D eigenvalue weighted by Crippen LogP contribution is -2.25. The predicted octanol–water partition coefficient (Wildman–Crippen LogP) is 5.42. The molecule has 0 bridgehead atoms. The summed E-state index contributed by atoms with van der Waals surface area (Å²) in [6.45, 7) is 2.46. The Kier molecular flexibility index (Phi) is 6.47. The van der Waals surface area contributed by atoms with Crippen LogP contribution in [0, 0.1) is 5.82 Å². The fourth-order valence-electron chi connectivity index (χ4n) is 4.07. The molecule has 0 saturated carbocycles. The van der Waals surface area contributed by atoms with Gasteiger partial charge in [0, 0.05) is 17.1 Å². The zero-order valence-electron chi connectivity index (χ0n) is 19.3. The summed E-state index contributed by atoms with van der Waals surface area (Å²) in [4.78, 5) is 33.1. The lowest BCUT2D eigenvalue weighted by Gasteiger charge is -2.20. The molecular weight excluding hydrogens is 487 g/mol. The van der Waals surface area contributed by atoms with Gasteiger partial charge in [0.15, 0.2) is 5.82 Å². The van der Waals surface area contributed by atoms with E-state index >= 15 is 4.39 Å². The summed E-state index contributed by atoms with van der Waals surface area (Å²) in [5.41, 5.74) is 1.49. The number of pyridine rings is 2. The van der Waals surface area contributed by atoms with E-state index in [1.165, 1.54) is 11.0 Å². The van der Waals surface area contributed by atoms with Gasteiger partial charge in [0.25, 0.3) is 5.56 Å². The quantitative estimate of drug-likeness (QED) is 0.346. The number of benzene rings is 2. The third-order valence-corrected chi connectivity index (χ3v) is 6.30. The molecule has 2 aromatic heterocycles. The molecule has 3 heterocycles. The normalized spacial score (nSPS) is 14.1. The molecule has 1 saturated heterocycles. The zero-order valence-corrected chi connectivity index (χ0v) is 20.0. The largest absolute Gasteiger partial charge is 0.486 e. The zero-order chi connectivity index (χ0) is 25.2. The lowest BCUT2D eigenvalue weighted by atomic mass is 10.1. The van der Waals surface area contributed by atoms with E-state index in [-0.39, 0.29) is 41.7 Å². The van der Waals surface area contributed by atoms with Crippen LogP contribution in [0.2, 0.25) is 5.02 Å². The molecule has 1 aliphatic rings. The minimum Gasteiger partial charge on any atom is -0.486 e. The van der Waals surface area contributed by atoms with Crippen molar-refractivity contribution in [2.75, 3.05) is 23.4 Å². The number of carbonyl (C=O) groups is 1. The molecule has 1 atom stereocenters. The molecule has 0 radical (unpaired) electrons. The fraction of sp³-hybridized carbons (Fsp3) is 0.192. The summed E-state index contributed by atoms with van der Waals surface area (Å²) in [6, 6.07) is 14.9. The minimum absolute atomic E-state index is 0.118. The average Bonchev–Trinajstić information content (AvgIpc) is 3.31. The number of carbonyl (C=O) groups excluding carboxylic acids is 1. The topological polar surface area (TPSA) is 96.5 Å². The Morgan fingerprint density at radius 1 is 1.22 bits per heavy atom. The molecule has 0 spiro atoms. The molecule has 1 amide bonds. The average molecular weight is 509 g/mol. The number of cyclic esters (lactones) is 1. The molecule has 0 aliphatic carbocycles. The molecule has 0 unspecified atom stereocenters. The number of hydrogen-bond donors (Lipinski definition) is 2. The highest BCUT2D eigenvalue weighted by atomic mass is 35.5. The van der Waals surface area contributed by atoms with Gasteiger partial charge in [0.05, 0.1) is 35.2 Å². The summed E-state index contributed by atoms with van der Waals surface area (Å²) in [6.07, 6.45) is 1.09. The Balaban J connectivity index is 1.39. The molecule has 5 rings (SSSR count). The van der Waals surface area contributed by atoms with Crippen molar-refractivity contribution >= 4 is 40.0 Å². The van der Waals surface area contributed by atoms with Crippen LogP contribution in [0.4, 0.5) is 20.6 Å². The molecule has 36 heavy (non-hydrogen) atoms. The van der Waals surface area contributed by atoms with Crippen LogP contribution in [0.25, 0.3) is 10.9 Å². The van der Waals surface area contributed by atoms with E-state index in [2.05, 4.69) is 15.3 Å². The Labute approximate surface area is 210 Å². The number of rotatable bonds is 7. The van der Waals surface area contributed by atoms with E-state index in [1.807, 2.05) is 18.2 Å². The monoisotopic (exact) mass is 508 g/mol. The van der Waals surface area contributed by atoms with Gasteiger partial charge in [-0.15, -0.1) is 0 Å². The van der Waals surface area contributed by atoms with Gasteiger partial charge in [-0.2, -0.15) is 0 Å². The van der Waals surface area contributed by atoms with Crippen LogP contribution in [0.1, 0.15) is 24.2 Å². The maximum atomic E-state index is 15.2. The molecule has 1 aliphatic heterocycles. The molecule has 2 N–H and O–H groups in total. The molecule has 184 valence electrons. The maximum Gasteiger partial charge on any atom is 0.414 e. The number of aromatic amines is 1. The molecule has 10 heteroatoms. The van der Waals surface area contributed by atoms with Crippen LogP contribution < -0.4 is 20.5 Å². The summed E-state index contributed by atoms with van der Waals surface area (Å²) in [5, 5.41) is 4.01. The van der Waals surface area contributed by atoms with E-state index in [0.717, 1.165) is 5.69 Å². The van der Waals surface area contributed by atoms with E-state index in [1.54, 1.807) is 43.5 Å². The number of amides is 1. The lowest BCUT2D eigenvalue weighted by molar-refractivity contribution is 0.181. The minimum atomic E-state index is -0.599. The van der Waals surface area contributed by atoms with Gasteiger partial charge in [-0.1, -0.05) is 23.7 Å². The number of nitrogens with one attached hydrogen (secondary N) is 2. The van der Waals surface area contributed by atoms with Crippen molar-refractivity contribution in [1.82, 2.24) is 9.97 Å². The van der Waals surface area contributed by atoms with Gasteiger partial charge in [-0.25, -0.2) is 9.18 Å². The van der Waals surface area contributed by atoms with Crippen molar-refractivity contribution in [3.63, 3.8) is 0 Å². The highest BCUT2D eigenvalue weighted by Crippen LogP contribution is 2.33. The number of ether oxygens (including phenoxy) is 2. The van der Waals surface area contributed by atoms with Gasteiger partial charge < -0.3 is 19.8 Å². The number of fused-ring (bicyclic) bond motifs is 1. The van der Waals surface area contributed by atoms with Crippen molar-refractivity contribution < 1.29 is 18.7 Å². The predicted molar refractivity (Wildman–Crippen MR) is 135 cm³/mol. The SMILES string of the molecule is C[C@H](Nc1cccc(N2CCOC2=O)c1F)c1cc2ccc(OCc3ccccn3)c(Cl)c2[nH]c1=O. The fourth-order valence-corrected chi connectivity index (χ4v) is 4.34. The molecule has 8 nitrogen and oxygen atoms in total. The van der Waals surface area contributed by atoms with Gasteiger partial charge in [-0.05, 0) is 49.4 Å². The first-order valence-corrected chi connectivity index (χ1v) is 11.7. The highest BCUT2D eigenvalue weighted by Gasteiger charge is 2.27. The number of H-pyrrole nitrogens is 1. The van der Waals surface area contributed by atoms with Gasteiger partial charge >= 0.3 is 6.09 Å². The smallest absolute Gasteiger partial charge is 0.414 e. The molecule has 4 aromatic rings. The summed E-state index contributed by atoms with van der Waals surface area (Å²) >= 11 is 6.53. The Hall–Kier alpha value is -4.11. The number of anilines is 2. The van der Waals surface area contributed by atoms with Crippen LogP contribution in [0.15, 0.2) is 65.6 Å². The second-order valence-electron chi connectivity index (χ2n) is 8.28. The molecular formula is C26H22ClFN4O4. The third-order valence-electron chi connectivity index (χ3n) is 5.92. The Morgan fingerprint density at radius 3 is 2.83 bits per heavy atom. The van der Waals surface area contributed by atoms with E-state index in [0.29, 0.717) is 22.2 Å². The Morgan fingerprint density at radius 2 is 2.08 bits per heavy atom. The number of aromatic nitrogens is 2. The number of hydrogen-bond acceptors (Lipinski definition) is 6. The number of halogens is 2. The van der Waals surface area contributed by atoms with Crippen molar-refractivity contribution in [2.45, 2.75) is 19.6 Å². The maximum absolute atomic E-state index is 15.2. The van der Waals surface area contributed by atoms with Crippen molar-refractivity contribution in [3.8, 4) is 5.75 Å². The third kappa shape index (κ3) is 4.57. The van der Waals surface area contributed by atoms with Crippen molar-refractivity contribution in [3.05, 3.63) is 93.2 Å². The van der Waals surface area contributed by atoms with Crippen LogP contribution in [-0.2, 0) is 11.3 Å². The number of nitrogens with zero attached hydrogens (tertiary/aromatic N) is 2. The first-order valence-electron chi connectivity index (χ1n) is 11.3. The van der Waals surface area contributed by atoms with E-state index < -0.39 is 18.0 Å². The van der Waals surface area contributed by atoms with Crippen molar-refractivity contribution in [1.29, 1.82) is 0 Å². The van der Waals surface area contributed by atoms with E-state index in [4.69, 9.17) is 21.1 Å². The van der Waals surface area contributed by atoms with E-state index in [9.17, 15) is 9.59 Å². The van der Waals surface area contributed by atoms with Crippen LogP contribution in [0.5, 0.6) is 5.75 Å². The molecule has 1 fully saturated rings. The summed E-state index contributed by atoms with van der Waals surface area (Å²) in [7, 11) is 0. The second-order valence-corrected chi connectivity index (χ2v) is 8.65. The second kappa shape index (κ2) is 9.87. The first-order chi connectivity index (χ1) is 17.4. The van der Waals surface area contributed by atoms with Gasteiger partial charge in [0.1, 0.15) is 24.0 Å². The van der Waals surface area contributed by atoms with Crippen LogP contribution in [0.3, 0.4) is 0 Å². The summed E-state index contributed by atoms with van der Waals surface area (Å²) < 4.78 is 25.9. The Bertz CT molecular complexity index is 1500. The van der Waals surface area contributed by atoms with Crippen LogP contribution in [-0.4, -0.2) is 29.2 Å². The highest BCUT2D eigenvalue weighted by molar-refractivity contribution is 6.36. The van der Waals surface area contributed by atoms with Crippen LogP contribution >= 0.6 is 11.6 Å². The first kappa shape index (κ1) is 23.6. The van der Waals surface area contributed by atoms with Crippen molar-refractivity contribution in [2.24, 2.45) is 0 Å². The summed E-state index contributed by atoms with van der Waals surface area (Å²) in [5.74, 6) is -0.179. The van der Waals surface area contributed by atoms with Gasteiger partial charge in [-0.3, -0.25) is 14.7 Å².